The third-order valence-electron chi connectivity index (χ3n) is 7.68. The maximum absolute atomic E-state index is 12.7. The first-order valence-electron chi connectivity index (χ1n) is 12.2. The summed E-state index contributed by atoms with van der Waals surface area (Å²) in [6.07, 6.45) is -1.11. The molecule has 35 heavy (non-hydrogen) atoms. The highest BCUT2D eigenvalue weighted by molar-refractivity contribution is 8.03. The minimum Gasteiger partial charge on any atom is -0.477 e. The highest BCUT2D eigenvalue weighted by Crippen LogP contribution is 2.51. The lowest BCUT2D eigenvalue weighted by molar-refractivity contribution is -0.163. The third kappa shape index (κ3) is 4.81. The Balaban J connectivity index is 1.33. The molecule has 2 amide bonds. The number of carboxylic acid groups (broad SMARTS) is 1. The van der Waals surface area contributed by atoms with Gasteiger partial charge in [-0.2, -0.15) is 0 Å². The van der Waals surface area contributed by atoms with E-state index in [4.69, 9.17) is 5.41 Å². The minimum atomic E-state index is -1.15. The molecular formula is C23H35N5O6S. The van der Waals surface area contributed by atoms with Gasteiger partial charge in [-0.3, -0.25) is 15.0 Å². The zero-order valence-corrected chi connectivity index (χ0v) is 21.1. The lowest BCUT2D eigenvalue weighted by Gasteiger charge is -2.46. The van der Waals surface area contributed by atoms with Crippen LogP contribution in [-0.2, 0) is 14.4 Å². The zero-order valence-electron chi connectivity index (χ0n) is 20.3. The number of carbonyl (C=O) groups excluding carboxylic acids is 2. The van der Waals surface area contributed by atoms with Crippen molar-refractivity contribution in [3.63, 3.8) is 0 Å². The molecule has 0 bridgehead atoms. The molecule has 0 aliphatic carbocycles. The fraction of sp³-hybridized carbons (Fsp3) is 0.739. The van der Waals surface area contributed by atoms with E-state index in [0.29, 0.717) is 49.9 Å². The summed E-state index contributed by atoms with van der Waals surface area (Å²) in [4.78, 5) is 42.8. The molecule has 0 aromatic heterocycles. The summed E-state index contributed by atoms with van der Waals surface area (Å²) in [6, 6.07) is -0.627. The smallest absolute Gasteiger partial charge is 0.353 e. The van der Waals surface area contributed by atoms with Gasteiger partial charge in [-0.25, -0.2) is 4.79 Å². The lowest BCUT2D eigenvalue weighted by atomic mass is 9.79. The highest BCUT2D eigenvalue weighted by Gasteiger charge is 2.60. The number of β-lactam (4-membered cyclic amide) rings is 1. The number of carboxylic acids is 1. The lowest BCUT2D eigenvalue weighted by Crippen LogP contribution is -2.63. The van der Waals surface area contributed by atoms with E-state index in [2.05, 4.69) is 5.32 Å². The topological polar surface area (TPSA) is 158 Å². The summed E-state index contributed by atoms with van der Waals surface area (Å²) in [5, 5.41) is 41.5. The number of aliphatic carboxylic acids is 1. The minimum absolute atomic E-state index is 0.00512. The summed E-state index contributed by atoms with van der Waals surface area (Å²) in [7, 11) is 0. The molecule has 3 fully saturated rings. The number of hydrogen-bond acceptors (Lipinski definition) is 8. The van der Waals surface area contributed by atoms with Crippen LogP contribution in [-0.4, -0.2) is 116 Å². The van der Waals surface area contributed by atoms with Gasteiger partial charge in [-0.05, 0) is 20.3 Å². The first-order valence-corrected chi connectivity index (χ1v) is 13.0. The SMILES string of the molecule is CC(=N)N1CCN(C(=O)CC(O)[C@@H]2C[C@H](SC3=C(C(=O)O)N4C(=O)[C@H]([C@@H](C)O)[C@H]4[C@H]3C)CN2)CC1. The fourth-order valence-electron chi connectivity index (χ4n) is 5.72. The molecule has 194 valence electrons. The fourth-order valence-corrected chi connectivity index (χ4v) is 7.21. The molecule has 0 saturated carbocycles. The van der Waals surface area contributed by atoms with Crippen LogP contribution < -0.4 is 5.32 Å². The predicted molar refractivity (Wildman–Crippen MR) is 130 cm³/mol. The van der Waals surface area contributed by atoms with E-state index in [1.807, 2.05) is 11.8 Å². The molecule has 3 saturated heterocycles. The largest absolute Gasteiger partial charge is 0.477 e. The van der Waals surface area contributed by atoms with E-state index in [9.17, 15) is 29.7 Å². The van der Waals surface area contributed by atoms with Gasteiger partial charge < -0.3 is 35.3 Å². The van der Waals surface area contributed by atoms with Crippen LogP contribution in [0.1, 0.15) is 33.6 Å². The molecule has 4 rings (SSSR count). The first-order chi connectivity index (χ1) is 16.5. The Morgan fingerprint density at radius 2 is 1.83 bits per heavy atom. The van der Waals surface area contributed by atoms with E-state index in [1.165, 1.54) is 16.7 Å². The molecule has 4 aliphatic heterocycles. The van der Waals surface area contributed by atoms with Gasteiger partial charge in [0.05, 0.1) is 36.4 Å². The number of aliphatic hydroxyl groups is 2. The molecule has 11 nitrogen and oxygen atoms in total. The number of piperazine rings is 1. The summed E-state index contributed by atoms with van der Waals surface area (Å²) >= 11 is 1.42. The molecule has 5 N–H and O–H groups in total. The van der Waals surface area contributed by atoms with Gasteiger partial charge in [0.2, 0.25) is 11.8 Å². The van der Waals surface area contributed by atoms with E-state index >= 15 is 0 Å². The monoisotopic (exact) mass is 509 g/mol. The van der Waals surface area contributed by atoms with Crippen molar-refractivity contribution in [2.75, 3.05) is 32.7 Å². The van der Waals surface area contributed by atoms with Crippen molar-refractivity contribution in [1.29, 1.82) is 5.41 Å². The standard InChI is InChI=1S/C23H35N5O6S/c1-11-19-18(12(2)29)22(32)28(19)20(23(33)34)21(11)35-14-8-15(25-10-14)16(30)9-17(31)27-6-4-26(5-7-27)13(3)24/h11-12,14-16,18-19,24-25,29-30H,4-10H2,1-3H3,(H,33,34)/t11-,12-,14+,15+,16?,18-,19-/m1/s1. The van der Waals surface area contributed by atoms with E-state index < -0.39 is 24.1 Å². The predicted octanol–water partition coefficient (Wildman–Crippen LogP) is -0.504. The van der Waals surface area contributed by atoms with Gasteiger partial charge in [0.25, 0.3) is 0 Å². The Labute approximate surface area is 209 Å². The van der Waals surface area contributed by atoms with Crippen molar-refractivity contribution in [3.8, 4) is 0 Å². The van der Waals surface area contributed by atoms with E-state index in [0.717, 1.165) is 0 Å². The molecule has 0 radical (unpaired) electrons. The summed E-state index contributed by atoms with van der Waals surface area (Å²) in [5.74, 6) is -1.90. The van der Waals surface area contributed by atoms with Gasteiger partial charge in [0, 0.05) is 54.8 Å². The van der Waals surface area contributed by atoms with Crippen LogP contribution in [0.4, 0.5) is 0 Å². The van der Waals surface area contributed by atoms with Gasteiger partial charge in [-0.15, -0.1) is 11.8 Å². The van der Waals surface area contributed by atoms with Crippen LogP contribution in [0.5, 0.6) is 0 Å². The third-order valence-corrected chi connectivity index (χ3v) is 9.20. The van der Waals surface area contributed by atoms with Gasteiger partial charge in [0.15, 0.2) is 0 Å². The van der Waals surface area contributed by atoms with Crippen molar-refractivity contribution >= 4 is 35.4 Å². The number of thioether (sulfide) groups is 1. The van der Waals surface area contributed by atoms with Crippen LogP contribution >= 0.6 is 11.8 Å². The van der Waals surface area contributed by atoms with Crippen LogP contribution in [0.3, 0.4) is 0 Å². The molecular weight excluding hydrogens is 474 g/mol. The molecule has 4 heterocycles. The quantitative estimate of drug-likeness (QED) is 0.173. The second kappa shape index (κ2) is 10.1. The van der Waals surface area contributed by atoms with Crippen LogP contribution in [0, 0.1) is 17.2 Å². The summed E-state index contributed by atoms with van der Waals surface area (Å²) < 4.78 is 0. The maximum Gasteiger partial charge on any atom is 0.353 e. The Hall–Kier alpha value is -2.15. The number of nitrogens with one attached hydrogen (secondary N) is 2. The van der Waals surface area contributed by atoms with Gasteiger partial charge in [-0.1, -0.05) is 6.92 Å². The van der Waals surface area contributed by atoms with Crippen molar-refractivity contribution in [2.24, 2.45) is 11.8 Å². The number of rotatable bonds is 7. The highest BCUT2D eigenvalue weighted by atomic mass is 32.2. The van der Waals surface area contributed by atoms with Crippen molar-refractivity contribution in [1.82, 2.24) is 20.0 Å². The molecule has 7 atom stereocenters. The van der Waals surface area contributed by atoms with E-state index in [1.54, 1.807) is 18.7 Å². The number of amides is 2. The van der Waals surface area contributed by atoms with Crippen LogP contribution in [0.25, 0.3) is 0 Å². The van der Waals surface area contributed by atoms with Gasteiger partial charge >= 0.3 is 5.97 Å². The second-order valence-electron chi connectivity index (χ2n) is 9.99. The molecule has 12 heteroatoms. The Morgan fingerprint density at radius 1 is 1.20 bits per heavy atom. The van der Waals surface area contributed by atoms with Crippen molar-refractivity contribution in [2.45, 2.75) is 63.2 Å². The summed E-state index contributed by atoms with van der Waals surface area (Å²) in [5.41, 5.74) is 0.00730. The number of aliphatic hydroxyl groups excluding tert-OH is 2. The number of hydrogen-bond donors (Lipinski definition) is 5. The first kappa shape index (κ1) is 25.9. The van der Waals surface area contributed by atoms with Crippen LogP contribution in [0.15, 0.2) is 10.6 Å². The van der Waals surface area contributed by atoms with Gasteiger partial charge in [0.1, 0.15) is 5.70 Å². The van der Waals surface area contributed by atoms with Crippen molar-refractivity contribution < 1.29 is 29.7 Å². The molecule has 0 aromatic rings. The molecule has 0 spiro atoms. The number of fused-ring (bicyclic) bond motifs is 1. The zero-order chi connectivity index (χ0) is 25.6. The number of nitrogens with zero attached hydrogens (tertiary/aromatic N) is 3. The average Bonchev–Trinajstić information content (AvgIpc) is 3.35. The maximum atomic E-state index is 12.7. The number of carbonyl (C=O) groups is 3. The Bertz CT molecular complexity index is 933. The average molecular weight is 510 g/mol. The Kier molecular flexibility index (Phi) is 7.46. The molecule has 0 aromatic carbocycles. The van der Waals surface area contributed by atoms with E-state index in [-0.39, 0.29) is 47.2 Å². The normalized spacial score (nSPS) is 32.4. The van der Waals surface area contributed by atoms with Crippen molar-refractivity contribution in [3.05, 3.63) is 10.6 Å². The number of amidine groups is 1. The second-order valence-corrected chi connectivity index (χ2v) is 11.3. The molecule has 1 unspecified atom stereocenters. The molecule has 4 aliphatic rings. The summed E-state index contributed by atoms with van der Waals surface area (Å²) in [6.45, 7) is 8.04. The Morgan fingerprint density at radius 3 is 2.40 bits per heavy atom. The van der Waals surface area contributed by atoms with Crippen LogP contribution in [0.2, 0.25) is 0 Å².